The zero-order valence-corrected chi connectivity index (χ0v) is 10.7. The van der Waals surface area contributed by atoms with Gasteiger partial charge in [0.25, 0.3) is 0 Å². The largest absolute Gasteiger partial charge is 1.00 e. The van der Waals surface area contributed by atoms with E-state index in [1.54, 1.807) is 0 Å². The molecule has 0 saturated carbocycles. The van der Waals surface area contributed by atoms with Crippen LogP contribution in [0, 0.1) is 5.41 Å². The molecule has 2 nitrogen and oxygen atoms in total. The van der Waals surface area contributed by atoms with Gasteiger partial charge in [-0.3, -0.25) is 4.21 Å². The summed E-state index contributed by atoms with van der Waals surface area (Å²) in [6.45, 7) is 6.34. The third kappa shape index (κ3) is 14.0. The van der Waals surface area contributed by atoms with E-state index in [1.165, 1.54) is 0 Å². The first kappa shape index (κ1) is 14.6. The van der Waals surface area contributed by atoms with E-state index in [4.69, 9.17) is 0 Å². The van der Waals surface area contributed by atoms with Gasteiger partial charge in [0.1, 0.15) is 0 Å². The Kier molecular flexibility index (Phi) is 8.78. The molecule has 0 spiro atoms. The van der Waals surface area contributed by atoms with Gasteiger partial charge in [-0.15, -0.1) is 0 Å². The molecular weight excluding hydrogens is 171 g/mol. The molecule has 0 bridgehead atoms. The molecule has 11 heavy (non-hydrogen) atoms. The van der Waals surface area contributed by atoms with Crippen LogP contribution in [0.25, 0.3) is 0 Å². The second kappa shape index (κ2) is 6.61. The molecule has 0 N–H and O–H groups in total. The van der Waals surface area contributed by atoms with Crippen molar-refractivity contribution < 1.29 is 38.3 Å². The normalized spacial score (nSPS) is 13.8. The van der Waals surface area contributed by atoms with Crippen LogP contribution in [0.4, 0.5) is 0 Å². The first-order valence-corrected chi connectivity index (χ1v) is 4.72. The summed E-state index contributed by atoms with van der Waals surface area (Å²) in [7, 11) is 0. The van der Waals surface area contributed by atoms with Crippen LogP contribution in [-0.2, 0) is 11.1 Å². The molecular formula is C7H15NaO2S. The van der Waals surface area contributed by atoms with Crippen molar-refractivity contribution in [2.75, 3.05) is 5.75 Å². The van der Waals surface area contributed by atoms with E-state index in [9.17, 15) is 8.76 Å². The second-order valence-corrected chi connectivity index (χ2v) is 4.69. The van der Waals surface area contributed by atoms with Gasteiger partial charge < -0.3 is 4.55 Å². The SMILES string of the molecule is CC(C)(C)CCCS(=O)[O-].[Na+]. The first-order valence-electron chi connectivity index (χ1n) is 3.48. The molecule has 0 saturated heterocycles. The Morgan fingerprint density at radius 1 is 1.36 bits per heavy atom. The molecule has 0 aliphatic heterocycles. The van der Waals surface area contributed by atoms with Gasteiger partial charge in [0.2, 0.25) is 0 Å². The maximum atomic E-state index is 10.1. The minimum atomic E-state index is -1.85. The molecule has 0 aromatic carbocycles. The summed E-state index contributed by atoms with van der Waals surface area (Å²) in [6.07, 6.45) is 1.75. The van der Waals surface area contributed by atoms with Crippen molar-refractivity contribution in [3.8, 4) is 0 Å². The van der Waals surface area contributed by atoms with Crippen LogP contribution < -0.4 is 29.6 Å². The Morgan fingerprint density at radius 2 is 1.82 bits per heavy atom. The molecule has 0 aromatic rings. The third-order valence-corrected chi connectivity index (χ3v) is 1.86. The molecule has 0 fully saturated rings. The summed E-state index contributed by atoms with van der Waals surface area (Å²) in [5.41, 5.74) is 0.263. The van der Waals surface area contributed by atoms with Crippen molar-refractivity contribution >= 4 is 11.1 Å². The zero-order valence-electron chi connectivity index (χ0n) is 7.85. The number of hydrogen-bond acceptors (Lipinski definition) is 2. The average molecular weight is 186 g/mol. The van der Waals surface area contributed by atoms with Gasteiger partial charge in [0.05, 0.1) is 0 Å². The van der Waals surface area contributed by atoms with Crippen molar-refractivity contribution in [1.82, 2.24) is 0 Å². The Balaban J connectivity index is 0. The Bertz CT molecular complexity index is 120. The summed E-state index contributed by atoms with van der Waals surface area (Å²) in [5.74, 6) is 0.303. The summed E-state index contributed by atoms with van der Waals surface area (Å²) in [5, 5.41) is 0. The molecule has 0 radical (unpaired) electrons. The predicted octanol–water partition coefficient (Wildman–Crippen LogP) is -1.30. The van der Waals surface area contributed by atoms with Crippen LogP contribution >= 0.6 is 0 Å². The maximum Gasteiger partial charge on any atom is 1.00 e. The summed E-state index contributed by atoms with van der Waals surface area (Å²) >= 11 is -1.85. The molecule has 4 heteroatoms. The maximum absolute atomic E-state index is 10.1. The van der Waals surface area contributed by atoms with Gasteiger partial charge in [0, 0.05) is 5.75 Å². The Hall–Kier alpha value is 1.11. The molecule has 62 valence electrons. The van der Waals surface area contributed by atoms with Crippen molar-refractivity contribution in [2.45, 2.75) is 33.6 Å². The third-order valence-electron chi connectivity index (χ3n) is 1.24. The van der Waals surface area contributed by atoms with Gasteiger partial charge >= 0.3 is 29.6 Å². The summed E-state index contributed by atoms with van der Waals surface area (Å²) in [4.78, 5) is 0. The topological polar surface area (TPSA) is 40.1 Å². The van der Waals surface area contributed by atoms with Gasteiger partial charge in [-0.1, -0.05) is 31.9 Å². The molecule has 1 atom stereocenters. The van der Waals surface area contributed by atoms with Crippen LogP contribution in [0.3, 0.4) is 0 Å². The molecule has 0 amide bonds. The fourth-order valence-electron chi connectivity index (χ4n) is 0.720. The fraction of sp³-hybridized carbons (Fsp3) is 1.00. The molecule has 1 unspecified atom stereocenters. The van der Waals surface area contributed by atoms with Crippen LogP contribution in [0.5, 0.6) is 0 Å². The first-order chi connectivity index (χ1) is 4.42. The molecule has 0 heterocycles. The molecule has 0 aliphatic rings. The molecule has 0 aliphatic carbocycles. The van der Waals surface area contributed by atoms with Gasteiger partial charge in [-0.25, -0.2) is 0 Å². The van der Waals surface area contributed by atoms with Crippen LogP contribution in [0.1, 0.15) is 33.6 Å². The predicted molar refractivity (Wildman–Crippen MR) is 42.5 cm³/mol. The van der Waals surface area contributed by atoms with Crippen molar-refractivity contribution in [1.29, 1.82) is 0 Å². The van der Waals surface area contributed by atoms with Crippen molar-refractivity contribution in [3.63, 3.8) is 0 Å². The van der Waals surface area contributed by atoms with Gasteiger partial charge in [-0.05, 0) is 18.3 Å². The van der Waals surface area contributed by atoms with Crippen LogP contribution in [0.2, 0.25) is 0 Å². The quantitative estimate of drug-likeness (QED) is 0.406. The number of hydrogen-bond donors (Lipinski definition) is 0. The van der Waals surface area contributed by atoms with E-state index < -0.39 is 11.1 Å². The van der Waals surface area contributed by atoms with Gasteiger partial charge in [0.15, 0.2) is 0 Å². The molecule has 0 rings (SSSR count). The minimum Gasteiger partial charge on any atom is -0.772 e. The van der Waals surface area contributed by atoms with E-state index in [-0.39, 0.29) is 35.0 Å². The smallest absolute Gasteiger partial charge is 0.772 e. The zero-order chi connectivity index (χ0) is 8.20. The van der Waals surface area contributed by atoms with Crippen LogP contribution in [0.15, 0.2) is 0 Å². The fourth-order valence-corrected chi connectivity index (χ4v) is 1.10. The van der Waals surface area contributed by atoms with E-state index in [1.807, 2.05) is 0 Å². The van der Waals surface area contributed by atoms with Crippen molar-refractivity contribution in [3.05, 3.63) is 0 Å². The van der Waals surface area contributed by atoms with Crippen LogP contribution in [-0.4, -0.2) is 14.5 Å². The Morgan fingerprint density at radius 3 is 2.09 bits per heavy atom. The summed E-state index contributed by atoms with van der Waals surface area (Å²) in [6, 6.07) is 0. The van der Waals surface area contributed by atoms with E-state index >= 15 is 0 Å². The minimum absolute atomic E-state index is 0. The summed E-state index contributed by atoms with van der Waals surface area (Å²) < 4.78 is 20.2. The standard InChI is InChI=1S/C7H16O2S.Na/c1-7(2,3)5-4-6-10(8)9;/h4-6H2,1-3H3,(H,8,9);/q;+1/p-1. The van der Waals surface area contributed by atoms with E-state index in [2.05, 4.69) is 20.8 Å². The Labute approximate surface area is 93.7 Å². The van der Waals surface area contributed by atoms with E-state index in [0.717, 1.165) is 12.8 Å². The van der Waals surface area contributed by atoms with Crippen molar-refractivity contribution in [2.24, 2.45) is 5.41 Å². The molecule has 0 aromatic heterocycles. The van der Waals surface area contributed by atoms with E-state index in [0.29, 0.717) is 5.75 Å². The van der Waals surface area contributed by atoms with Gasteiger partial charge in [-0.2, -0.15) is 0 Å². The second-order valence-electron chi connectivity index (χ2n) is 3.67. The monoisotopic (exact) mass is 186 g/mol. The average Bonchev–Trinajstić information content (AvgIpc) is 1.59. The number of rotatable bonds is 3.